The minimum atomic E-state index is -0.360. The predicted octanol–water partition coefficient (Wildman–Crippen LogP) is 2.67. The van der Waals surface area contributed by atoms with Gasteiger partial charge in [-0.25, -0.2) is 4.79 Å². The Labute approximate surface area is 97.2 Å². The number of allylic oxidation sites excluding steroid dienone is 3. The summed E-state index contributed by atoms with van der Waals surface area (Å²) in [4.78, 5) is 22.8. The lowest BCUT2D eigenvalue weighted by atomic mass is 10.0. The van der Waals surface area contributed by atoms with Crippen LogP contribution in [0.1, 0.15) is 34.1 Å². The van der Waals surface area contributed by atoms with Gasteiger partial charge in [-0.3, -0.25) is 4.79 Å². The molecule has 0 spiro atoms. The highest BCUT2D eigenvalue weighted by atomic mass is 16.5. The lowest BCUT2D eigenvalue weighted by molar-refractivity contribution is -0.138. The molecule has 0 saturated carbocycles. The Morgan fingerprint density at radius 1 is 1.31 bits per heavy atom. The van der Waals surface area contributed by atoms with E-state index in [0.29, 0.717) is 12.2 Å². The van der Waals surface area contributed by atoms with E-state index in [4.69, 9.17) is 4.74 Å². The molecule has 0 aromatic heterocycles. The summed E-state index contributed by atoms with van der Waals surface area (Å²) in [6.07, 6.45) is 5.84. The monoisotopic (exact) mass is 224 g/mol. The predicted molar refractivity (Wildman–Crippen MR) is 64.0 cm³/mol. The van der Waals surface area contributed by atoms with Gasteiger partial charge in [0.2, 0.25) is 0 Å². The van der Waals surface area contributed by atoms with E-state index in [0.717, 1.165) is 6.42 Å². The first kappa shape index (κ1) is 14.6. The molecule has 0 aromatic rings. The number of carbonyl (C=O) groups is 2. The van der Waals surface area contributed by atoms with Gasteiger partial charge in [0.25, 0.3) is 0 Å². The van der Waals surface area contributed by atoms with Crippen molar-refractivity contribution in [1.82, 2.24) is 0 Å². The first-order chi connectivity index (χ1) is 7.52. The first-order valence-electron chi connectivity index (χ1n) is 5.58. The quantitative estimate of drug-likeness (QED) is 0.514. The zero-order valence-electron chi connectivity index (χ0n) is 10.4. The molecule has 0 fully saturated rings. The summed E-state index contributed by atoms with van der Waals surface area (Å²) in [5.74, 6) is -0.640. The number of rotatable bonds is 6. The van der Waals surface area contributed by atoms with Crippen LogP contribution in [0.5, 0.6) is 0 Å². The topological polar surface area (TPSA) is 43.4 Å². The maximum Gasteiger partial charge on any atom is 0.333 e. The van der Waals surface area contributed by atoms with Gasteiger partial charge in [0.15, 0.2) is 5.78 Å². The molecule has 3 heteroatoms. The average Bonchev–Trinajstić information content (AvgIpc) is 2.25. The molecule has 1 unspecified atom stereocenters. The lowest BCUT2D eigenvalue weighted by Gasteiger charge is -2.05. The third-order valence-corrected chi connectivity index (χ3v) is 2.06. The summed E-state index contributed by atoms with van der Waals surface area (Å²) >= 11 is 0. The van der Waals surface area contributed by atoms with E-state index in [9.17, 15) is 9.59 Å². The number of esters is 1. The number of carbonyl (C=O) groups excluding carboxylic acids is 2. The molecule has 0 aliphatic carbocycles. The van der Waals surface area contributed by atoms with E-state index < -0.39 is 0 Å². The molecule has 0 saturated heterocycles. The third kappa shape index (κ3) is 5.49. The van der Waals surface area contributed by atoms with Crippen molar-refractivity contribution in [2.75, 3.05) is 6.61 Å². The van der Waals surface area contributed by atoms with Crippen LogP contribution in [0.15, 0.2) is 23.8 Å². The van der Waals surface area contributed by atoms with E-state index >= 15 is 0 Å². The fourth-order valence-electron chi connectivity index (χ4n) is 1.16. The molecule has 1 atom stereocenters. The van der Waals surface area contributed by atoms with Crippen LogP contribution in [0.3, 0.4) is 0 Å². The van der Waals surface area contributed by atoms with Crippen molar-refractivity contribution < 1.29 is 14.3 Å². The van der Waals surface area contributed by atoms with Gasteiger partial charge in [-0.2, -0.15) is 0 Å². The lowest BCUT2D eigenvalue weighted by Crippen LogP contribution is -2.10. The Kier molecular flexibility index (Phi) is 7.18. The zero-order chi connectivity index (χ0) is 12.6. The van der Waals surface area contributed by atoms with Gasteiger partial charge in [-0.05, 0) is 26.3 Å². The highest BCUT2D eigenvalue weighted by Gasteiger charge is 2.10. The molecule has 0 rings (SSSR count). The van der Waals surface area contributed by atoms with Crippen LogP contribution in [0.4, 0.5) is 0 Å². The second kappa shape index (κ2) is 7.85. The molecule has 0 bridgehead atoms. The molecular formula is C13H20O3. The molecule has 90 valence electrons. The maximum absolute atomic E-state index is 11.5. The van der Waals surface area contributed by atoms with Crippen LogP contribution in [0.25, 0.3) is 0 Å². The van der Waals surface area contributed by atoms with Crippen molar-refractivity contribution in [3.63, 3.8) is 0 Å². The Bertz CT molecular complexity index is 300. The van der Waals surface area contributed by atoms with Gasteiger partial charge in [0.05, 0.1) is 6.61 Å². The number of hydrogen-bond donors (Lipinski definition) is 0. The van der Waals surface area contributed by atoms with Crippen molar-refractivity contribution in [3.05, 3.63) is 23.8 Å². The Balaban J connectivity index is 4.45. The molecule has 0 heterocycles. The van der Waals surface area contributed by atoms with Crippen LogP contribution in [0, 0.1) is 5.92 Å². The van der Waals surface area contributed by atoms with Crippen molar-refractivity contribution in [1.29, 1.82) is 0 Å². The normalized spacial score (nSPS) is 13.9. The Hall–Kier alpha value is -1.38. The summed E-state index contributed by atoms with van der Waals surface area (Å²) in [6.45, 7) is 7.50. The van der Waals surface area contributed by atoms with Crippen molar-refractivity contribution in [2.45, 2.75) is 34.1 Å². The standard InChI is InChI=1S/C13H20O3/c1-5-7-8-12(14)10(3)9-11(4)13(15)16-6-2/h7-10H,5-6H2,1-4H3/b8-7+,11-9+. The largest absolute Gasteiger partial charge is 0.463 e. The highest BCUT2D eigenvalue weighted by Crippen LogP contribution is 2.07. The van der Waals surface area contributed by atoms with E-state index in [2.05, 4.69) is 0 Å². The molecule has 0 aliphatic rings. The summed E-state index contributed by atoms with van der Waals surface area (Å²) in [7, 11) is 0. The van der Waals surface area contributed by atoms with Gasteiger partial charge < -0.3 is 4.74 Å². The van der Waals surface area contributed by atoms with E-state index in [-0.39, 0.29) is 17.7 Å². The van der Waals surface area contributed by atoms with Crippen LogP contribution in [-0.4, -0.2) is 18.4 Å². The third-order valence-electron chi connectivity index (χ3n) is 2.06. The zero-order valence-corrected chi connectivity index (χ0v) is 10.4. The van der Waals surface area contributed by atoms with Crippen molar-refractivity contribution >= 4 is 11.8 Å². The molecule has 0 aromatic carbocycles. The summed E-state index contributed by atoms with van der Waals surface area (Å²) in [6, 6.07) is 0. The maximum atomic E-state index is 11.5. The minimum absolute atomic E-state index is 0.00509. The summed E-state index contributed by atoms with van der Waals surface area (Å²) < 4.78 is 4.83. The second-order valence-electron chi connectivity index (χ2n) is 3.57. The molecule has 0 N–H and O–H groups in total. The van der Waals surface area contributed by atoms with Gasteiger partial charge >= 0.3 is 5.97 Å². The smallest absolute Gasteiger partial charge is 0.333 e. The average molecular weight is 224 g/mol. The molecular weight excluding hydrogens is 204 g/mol. The van der Waals surface area contributed by atoms with Crippen LogP contribution in [0.2, 0.25) is 0 Å². The van der Waals surface area contributed by atoms with E-state index in [1.165, 1.54) is 0 Å². The molecule has 16 heavy (non-hydrogen) atoms. The fourth-order valence-corrected chi connectivity index (χ4v) is 1.16. The highest BCUT2D eigenvalue weighted by molar-refractivity contribution is 5.94. The number of ether oxygens (including phenoxy) is 1. The summed E-state index contributed by atoms with van der Waals surface area (Å²) in [5.41, 5.74) is 0.479. The molecule has 3 nitrogen and oxygen atoms in total. The molecule has 0 radical (unpaired) electrons. The summed E-state index contributed by atoms with van der Waals surface area (Å²) in [5, 5.41) is 0. The van der Waals surface area contributed by atoms with Gasteiger partial charge in [0.1, 0.15) is 0 Å². The molecule has 0 aliphatic heterocycles. The second-order valence-corrected chi connectivity index (χ2v) is 3.57. The number of hydrogen-bond acceptors (Lipinski definition) is 3. The molecule has 0 amide bonds. The Morgan fingerprint density at radius 3 is 2.44 bits per heavy atom. The Morgan fingerprint density at radius 2 is 1.94 bits per heavy atom. The van der Waals surface area contributed by atoms with Crippen LogP contribution >= 0.6 is 0 Å². The van der Waals surface area contributed by atoms with Gasteiger partial charge in [-0.1, -0.05) is 26.0 Å². The minimum Gasteiger partial charge on any atom is -0.463 e. The van der Waals surface area contributed by atoms with Crippen molar-refractivity contribution in [2.24, 2.45) is 5.92 Å². The fraction of sp³-hybridized carbons (Fsp3) is 0.538. The number of ketones is 1. The van der Waals surface area contributed by atoms with Gasteiger partial charge in [0, 0.05) is 11.5 Å². The van der Waals surface area contributed by atoms with E-state index in [1.807, 2.05) is 13.0 Å². The van der Waals surface area contributed by atoms with E-state index in [1.54, 1.807) is 32.9 Å². The SMILES string of the molecule is CC/C=C/C(=O)C(C)/C=C(\C)C(=O)OCC. The van der Waals surface area contributed by atoms with Gasteiger partial charge in [-0.15, -0.1) is 0 Å². The van der Waals surface area contributed by atoms with Crippen LogP contribution in [-0.2, 0) is 14.3 Å². The van der Waals surface area contributed by atoms with Crippen molar-refractivity contribution in [3.8, 4) is 0 Å². The first-order valence-corrected chi connectivity index (χ1v) is 5.58. The van der Waals surface area contributed by atoms with Crippen LogP contribution < -0.4 is 0 Å².